The lowest BCUT2D eigenvalue weighted by Crippen LogP contribution is -2.09. The molecule has 0 aliphatic rings. The summed E-state index contributed by atoms with van der Waals surface area (Å²) in [5.74, 6) is 0.878. The first kappa shape index (κ1) is 15.2. The van der Waals surface area contributed by atoms with Crippen LogP contribution in [0.25, 0.3) is 0 Å². The van der Waals surface area contributed by atoms with Crippen LogP contribution in [0.15, 0.2) is 12.3 Å². The fraction of sp³-hybridized carbons (Fsp3) is 0.417. The molecule has 112 valence electrons. The first-order valence-corrected chi connectivity index (χ1v) is 6.83. The van der Waals surface area contributed by atoms with Crippen LogP contribution in [0.3, 0.4) is 0 Å². The molecule has 21 heavy (non-hydrogen) atoms. The molecule has 0 saturated carbocycles. The third-order valence-corrected chi connectivity index (χ3v) is 2.90. The zero-order valence-electron chi connectivity index (χ0n) is 11.7. The monoisotopic (exact) mass is 310 g/mol. The SMILES string of the molecule is CCCNc1cc(C)nc(Cn2cc(Cl)c([N+](=O)[O-])n2)n1. The van der Waals surface area contributed by atoms with Gasteiger partial charge in [0.1, 0.15) is 12.4 Å². The molecule has 0 fully saturated rings. The highest BCUT2D eigenvalue weighted by Gasteiger charge is 2.19. The maximum absolute atomic E-state index is 10.7. The molecule has 2 aromatic heterocycles. The van der Waals surface area contributed by atoms with Gasteiger partial charge in [0.15, 0.2) is 10.8 Å². The number of anilines is 1. The molecule has 8 nitrogen and oxygen atoms in total. The van der Waals surface area contributed by atoms with Crippen molar-refractivity contribution < 1.29 is 4.92 Å². The van der Waals surface area contributed by atoms with Crippen LogP contribution < -0.4 is 5.32 Å². The van der Waals surface area contributed by atoms with E-state index in [1.54, 1.807) is 0 Å². The van der Waals surface area contributed by atoms with Crippen LogP contribution in [0.5, 0.6) is 0 Å². The van der Waals surface area contributed by atoms with Gasteiger partial charge in [-0.3, -0.25) is 0 Å². The highest BCUT2D eigenvalue weighted by atomic mass is 35.5. The second kappa shape index (κ2) is 6.49. The minimum atomic E-state index is -0.621. The van der Waals surface area contributed by atoms with E-state index in [0.717, 1.165) is 24.5 Å². The van der Waals surface area contributed by atoms with E-state index in [1.165, 1.54) is 10.9 Å². The van der Waals surface area contributed by atoms with Crippen LogP contribution in [-0.4, -0.2) is 31.2 Å². The molecule has 0 spiro atoms. The van der Waals surface area contributed by atoms with E-state index < -0.39 is 4.92 Å². The maximum Gasteiger partial charge on any atom is 0.408 e. The number of halogens is 1. The second-order valence-electron chi connectivity index (χ2n) is 4.49. The zero-order valence-corrected chi connectivity index (χ0v) is 12.5. The van der Waals surface area contributed by atoms with Crippen molar-refractivity contribution in [2.75, 3.05) is 11.9 Å². The topological polar surface area (TPSA) is 98.8 Å². The predicted octanol–water partition coefficient (Wildman–Crippen LogP) is 2.41. The van der Waals surface area contributed by atoms with E-state index in [4.69, 9.17) is 11.6 Å². The summed E-state index contributed by atoms with van der Waals surface area (Å²) < 4.78 is 1.36. The van der Waals surface area contributed by atoms with Crippen molar-refractivity contribution in [1.82, 2.24) is 19.7 Å². The van der Waals surface area contributed by atoms with Gasteiger partial charge in [-0.05, 0) is 18.3 Å². The molecule has 2 rings (SSSR count). The minimum Gasteiger partial charge on any atom is -0.370 e. The minimum absolute atomic E-state index is 0.00279. The quantitative estimate of drug-likeness (QED) is 0.649. The summed E-state index contributed by atoms with van der Waals surface area (Å²) in [4.78, 5) is 18.7. The lowest BCUT2D eigenvalue weighted by atomic mass is 10.4. The zero-order chi connectivity index (χ0) is 15.4. The molecule has 0 unspecified atom stereocenters. The Labute approximate surface area is 126 Å². The fourth-order valence-corrected chi connectivity index (χ4v) is 2.00. The molecule has 0 aromatic carbocycles. The van der Waals surface area contributed by atoms with E-state index in [2.05, 4.69) is 27.3 Å². The molecule has 0 amide bonds. The van der Waals surface area contributed by atoms with Crippen LogP contribution in [-0.2, 0) is 6.54 Å². The molecule has 9 heteroatoms. The van der Waals surface area contributed by atoms with Gasteiger partial charge in [-0.25, -0.2) is 9.97 Å². The van der Waals surface area contributed by atoms with Gasteiger partial charge < -0.3 is 15.4 Å². The first-order chi connectivity index (χ1) is 9.99. The van der Waals surface area contributed by atoms with Gasteiger partial charge in [-0.15, -0.1) is 0 Å². The van der Waals surface area contributed by atoms with Crippen molar-refractivity contribution in [1.29, 1.82) is 0 Å². The van der Waals surface area contributed by atoms with Crippen LogP contribution in [0.1, 0.15) is 24.9 Å². The van der Waals surface area contributed by atoms with Gasteiger partial charge in [0.25, 0.3) is 0 Å². The Kier molecular flexibility index (Phi) is 4.69. The van der Waals surface area contributed by atoms with Gasteiger partial charge in [0, 0.05) is 18.3 Å². The predicted molar refractivity (Wildman–Crippen MR) is 78.5 cm³/mol. The van der Waals surface area contributed by atoms with Crippen LogP contribution in [0, 0.1) is 17.0 Å². The molecule has 0 aliphatic carbocycles. The second-order valence-corrected chi connectivity index (χ2v) is 4.90. The van der Waals surface area contributed by atoms with E-state index in [-0.39, 0.29) is 17.4 Å². The summed E-state index contributed by atoms with van der Waals surface area (Å²) in [6.45, 7) is 4.96. The standard InChI is InChI=1S/C12H15ClN6O2/c1-3-4-14-10-5-8(2)15-11(16-10)7-18-6-9(13)12(17-18)19(20)21/h5-6H,3-4,7H2,1-2H3,(H,14,15,16). The summed E-state index contributed by atoms with van der Waals surface area (Å²) in [6, 6.07) is 1.84. The molecular formula is C12H15ClN6O2. The average Bonchev–Trinajstić information content (AvgIpc) is 2.76. The first-order valence-electron chi connectivity index (χ1n) is 6.45. The Morgan fingerprint density at radius 3 is 2.86 bits per heavy atom. The summed E-state index contributed by atoms with van der Waals surface area (Å²) >= 11 is 5.76. The highest BCUT2D eigenvalue weighted by Crippen LogP contribution is 2.21. The largest absolute Gasteiger partial charge is 0.408 e. The number of hydrogen-bond acceptors (Lipinski definition) is 6. The number of nitrogens with one attached hydrogen (secondary N) is 1. The Bertz CT molecular complexity index is 657. The molecule has 0 saturated heterocycles. The number of hydrogen-bond donors (Lipinski definition) is 1. The van der Waals surface area contributed by atoms with Gasteiger partial charge in [-0.1, -0.05) is 18.5 Å². The molecule has 0 bridgehead atoms. The molecule has 2 heterocycles. The summed E-state index contributed by atoms with van der Waals surface area (Å²) in [5.41, 5.74) is 0.811. The fourth-order valence-electron chi connectivity index (χ4n) is 1.78. The van der Waals surface area contributed by atoms with Crippen molar-refractivity contribution in [3.05, 3.63) is 38.9 Å². The van der Waals surface area contributed by atoms with Gasteiger partial charge >= 0.3 is 5.82 Å². The van der Waals surface area contributed by atoms with Crippen molar-refractivity contribution in [3.8, 4) is 0 Å². The normalized spacial score (nSPS) is 10.6. The van der Waals surface area contributed by atoms with E-state index in [0.29, 0.717) is 5.82 Å². The van der Waals surface area contributed by atoms with Crippen molar-refractivity contribution in [3.63, 3.8) is 0 Å². The van der Waals surface area contributed by atoms with Crippen molar-refractivity contribution in [2.24, 2.45) is 0 Å². The summed E-state index contributed by atoms with van der Waals surface area (Å²) in [5, 5.41) is 17.7. The number of nitrogens with zero attached hydrogens (tertiary/aromatic N) is 5. The Morgan fingerprint density at radius 1 is 1.48 bits per heavy atom. The maximum atomic E-state index is 10.7. The van der Waals surface area contributed by atoms with Crippen LogP contribution in [0.4, 0.5) is 11.6 Å². The summed E-state index contributed by atoms with van der Waals surface area (Å²) in [7, 11) is 0. The molecule has 0 radical (unpaired) electrons. The molecule has 0 atom stereocenters. The van der Waals surface area contributed by atoms with Crippen LogP contribution >= 0.6 is 11.6 Å². The molecule has 0 aliphatic heterocycles. The van der Waals surface area contributed by atoms with Gasteiger partial charge in [0.2, 0.25) is 0 Å². The third-order valence-electron chi connectivity index (χ3n) is 2.63. The lowest BCUT2D eigenvalue weighted by Gasteiger charge is -2.06. The summed E-state index contributed by atoms with van der Waals surface area (Å²) in [6.07, 6.45) is 2.38. The number of nitro groups is 1. The van der Waals surface area contributed by atoms with Crippen molar-refractivity contribution in [2.45, 2.75) is 26.8 Å². The Hall–Kier alpha value is -2.22. The highest BCUT2D eigenvalue weighted by molar-refractivity contribution is 6.32. The lowest BCUT2D eigenvalue weighted by molar-refractivity contribution is -0.389. The number of aryl methyl sites for hydroxylation is 1. The van der Waals surface area contributed by atoms with Crippen molar-refractivity contribution >= 4 is 23.2 Å². The van der Waals surface area contributed by atoms with E-state index in [1.807, 2.05) is 13.0 Å². The molecular weight excluding hydrogens is 296 g/mol. The van der Waals surface area contributed by atoms with Gasteiger partial charge in [-0.2, -0.15) is 4.68 Å². The Balaban J connectivity index is 2.20. The van der Waals surface area contributed by atoms with E-state index in [9.17, 15) is 10.1 Å². The third kappa shape index (κ3) is 3.88. The molecule has 1 N–H and O–H groups in total. The van der Waals surface area contributed by atoms with E-state index >= 15 is 0 Å². The van der Waals surface area contributed by atoms with Gasteiger partial charge in [0.05, 0.1) is 11.3 Å². The average molecular weight is 311 g/mol. The van der Waals surface area contributed by atoms with Crippen LogP contribution in [0.2, 0.25) is 5.02 Å². The number of rotatable bonds is 6. The Morgan fingerprint density at radius 2 is 2.24 bits per heavy atom. The number of aromatic nitrogens is 4. The smallest absolute Gasteiger partial charge is 0.370 e. The molecule has 2 aromatic rings.